The van der Waals surface area contributed by atoms with Gasteiger partial charge in [0.1, 0.15) is 24.7 Å². The van der Waals surface area contributed by atoms with Gasteiger partial charge in [-0.25, -0.2) is 4.79 Å². The molecule has 210 valence electrons. The normalized spacial score (nSPS) is 12.9. The molecule has 0 aromatic heterocycles. The van der Waals surface area contributed by atoms with Crippen LogP contribution in [0.5, 0.6) is 0 Å². The largest absolute Gasteiger partial charge is 0.481 e. The van der Waals surface area contributed by atoms with Gasteiger partial charge in [0.2, 0.25) is 29.5 Å². The van der Waals surface area contributed by atoms with E-state index in [1.807, 2.05) is 0 Å². The molecular formula is C19H33N7O11. The molecule has 0 heterocycles. The van der Waals surface area contributed by atoms with Gasteiger partial charge >= 0.3 is 12.0 Å². The number of primary amides is 3. The van der Waals surface area contributed by atoms with Gasteiger partial charge in [-0.1, -0.05) is 0 Å². The third kappa shape index (κ3) is 16.3. The van der Waals surface area contributed by atoms with Crippen LogP contribution in [0.15, 0.2) is 0 Å². The number of hydrogen-bond donors (Lipinski definition) is 9. The number of nitrogens with two attached hydrogens (primary N) is 3. The van der Waals surface area contributed by atoms with Crippen molar-refractivity contribution in [2.75, 3.05) is 39.6 Å². The summed E-state index contributed by atoms with van der Waals surface area (Å²) in [5.74, 6) is -5.49. The van der Waals surface area contributed by atoms with Gasteiger partial charge in [0.15, 0.2) is 0 Å². The summed E-state index contributed by atoms with van der Waals surface area (Å²) in [4.78, 5) is 80.1. The molecule has 7 amide bonds. The highest BCUT2D eigenvalue weighted by atomic mass is 16.5. The van der Waals surface area contributed by atoms with Crippen molar-refractivity contribution in [3.8, 4) is 0 Å². The summed E-state index contributed by atoms with van der Waals surface area (Å²) in [5.41, 5.74) is 15.0. The van der Waals surface area contributed by atoms with Gasteiger partial charge in [0.05, 0.1) is 32.8 Å². The van der Waals surface area contributed by atoms with Crippen LogP contribution in [-0.2, 0) is 38.2 Å². The first kappa shape index (κ1) is 33.0. The summed E-state index contributed by atoms with van der Waals surface area (Å²) < 4.78 is 10.2. The number of hydrogen-bond acceptors (Lipinski definition) is 10. The van der Waals surface area contributed by atoms with Crippen molar-refractivity contribution >= 4 is 41.5 Å². The summed E-state index contributed by atoms with van der Waals surface area (Å²) in [6.45, 7) is -1.10. The predicted molar refractivity (Wildman–Crippen MR) is 122 cm³/mol. The Hall–Kier alpha value is -4.03. The minimum atomic E-state index is -1.43. The van der Waals surface area contributed by atoms with Crippen LogP contribution in [-0.4, -0.2) is 109 Å². The maximum Gasteiger partial charge on any atom is 0.316 e. The maximum atomic E-state index is 12.4. The van der Waals surface area contributed by atoms with Crippen molar-refractivity contribution in [3.63, 3.8) is 0 Å². The number of nitrogens with one attached hydrogen (secondary N) is 4. The van der Waals surface area contributed by atoms with Gasteiger partial charge in [-0.15, -0.1) is 0 Å². The Morgan fingerprint density at radius 1 is 0.784 bits per heavy atom. The van der Waals surface area contributed by atoms with E-state index in [0.717, 1.165) is 0 Å². The lowest BCUT2D eigenvalue weighted by Crippen LogP contribution is -2.55. The molecule has 0 saturated heterocycles. The van der Waals surface area contributed by atoms with Crippen LogP contribution < -0.4 is 38.5 Å². The number of aliphatic hydroxyl groups excluding tert-OH is 1. The molecule has 0 aliphatic rings. The zero-order chi connectivity index (χ0) is 28.4. The van der Waals surface area contributed by atoms with E-state index in [1.165, 1.54) is 0 Å². The number of urea groups is 1. The molecule has 0 aromatic carbocycles. The fourth-order valence-corrected chi connectivity index (χ4v) is 2.52. The predicted octanol–water partition coefficient (Wildman–Crippen LogP) is -5.64. The summed E-state index contributed by atoms with van der Waals surface area (Å²) >= 11 is 0. The number of aliphatic carboxylic acids is 1. The molecule has 0 unspecified atom stereocenters. The second-order valence-electron chi connectivity index (χ2n) is 7.39. The zero-order valence-corrected chi connectivity index (χ0v) is 19.9. The van der Waals surface area contributed by atoms with E-state index in [1.54, 1.807) is 0 Å². The summed E-state index contributed by atoms with van der Waals surface area (Å²) in [5, 5.41) is 26.7. The van der Waals surface area contributed by atoms with Crippen molar-refractivity contribution in [1.29, 1.82) is 0 Å². The minimum absolute atomic E-state index is 0.00420. The first-order valence-corrected chi connectivity index (χ1v) is 10.9. The Kier molecular flexibility index (Phi) is 16.3. The topological polar surface area (TPSA) is 305 Å². The molecule has 0 bridgehead atoms. The molecule has 3 atom stereocenters. The molecule has 0 spiro atoms. The van der Waals surface area contributed by atoms with Crippen LogP contribution in [0.25, 0.3) is 0 Å². The van der Waals surface area contributed by atoms with E-state index in [9.17, 15) is 33.6 Å². The highest BCUT2D eigenvalue weighted by Gasteiger charge is 2.25. The molecule has 12 N–H and O–H groups in total. The number of carboxylic acids is 1. The van der Waals surface area contributed by atoms with Crippen LogP contribution in [0.3, 0.4) is 0 Å². The van der Waals surface area contributed by atoms with Crippen LogP contribution in [0.4, 0.5) is 4.79 Å². The number of ether oxygens (including phenoxy) is 2. The third-order valence-electron chi connectivity index (χ3n) is 4.33. The first-order chi connectivity index (χ1) is 17.4. The monoisotopic (exact) mass is 535 g/mol. The average Bonchev–Trinajstić information content (AvgIpc) is 2.80. The third-order valence-corrected chi connectivity index (χ3v) is 4.33. The lowest BCUT2D eigenvalue weighted by Gasteiger charge is -2.20. The number of carbonyl (C=O) groups is 7. The maximum absolute atomic E-state index is 12.4. The van der Waals surface area contributed by atoms with Gasteiger partial charge in [-0.05, 0) is 6.42 Å². The average molecular weight is 536 g/mol. The van der Waals surface area contributed by atoms with Crippen molar-refractivity contribution in [1.82, 2.24) is 21.3 Å². The van der Waals surface area contributed by atoms with Gasteiger partial charge in [0.25, 0.3) is 0 Å². The summed E-state index contributed by atoms with van der Waals surface area (Å²) in [6, 6.07) is -5.01. The molecule has 18 heteroatoms. The van der Waals surface area contributed by atoms with Crippen molar-refractivity contribution in [3.05, 3.63) is 0 Å². The summed E-state index contributed by atoms with van der Waals surface area (Å²) in [7, 11) is 0. The Morgan fingerprint density at radius 2 is 1.38 bits per heavy atom. The van der Waals surface area contributed by atoms with Gasteiger partial charge in [-0.2, -0.15) is 0 Å². The van der Waals surface area contributed by atoms with E-state index >= 15 is 0 Å². The number of rotatable bonds is 20. The fraction of sp³-hybridized carbons (Fsp3) is 0.632. The van der Waals surface area contributed by atoms with Crippen molar-refractivity contribution in [2.24, 2.45) is 17.2 Å². The lowest BCUT2D eigenvalue weighted by atomic mass is 10.1. The van der Waals surface area contributed by atoms with Crippen LogP contribution >= 0.6 is 0 Å². The summed E-state index contributed by atoms with van der Waals surface area (Å²) in [6.07, 6.45) is -1.31. The second kappa shape index (κ2) is 18.3. The highest BCUT2D eigenvalue weighted by Crippen LogP contribution is 1.99. The smallest absolute Gasteiger partial charge is 0.316 e. The molecule has 0 saturated carbocycles. The Bertz CT molecular complexity index is 824. The fourth-order valence-electron chi connectivity index (χ4n) is 2.52. The SMILES string of the molecule is NC(=O)C[C@@H](NC(=O)N[C@@H](CCC(=O)O)C(=O)NCCOCCOCC(=O)N[C@@H](CO)C(N)=O)C(N)=O. The van der Waals surface area contributed by atoms with Crippen molar-refractivity contribution < 1.29 is 53.2 Å². The molecule has 0 aliphatic heterocycles. The molecule has 0 fully saturated rings. The number of amides is 7. The number of aliphatic hydroxyl groups is 1. The van der Waals surface area contributed by atoms with E-state index in [-0.39, 0.29) is 32.8 Å². The molecule has 0 aromatic rings. The number of carboxylic acid groups (broad SMARTS) is 1. The molecule has 0 aliphatic carbocycles. The standard InChI is InChI=1S/C19H33N7O11/c20-13(28)7-11(16(21)32)26-19(35)25-10(1-2-15(30)31)18(34)23-3-4-36-5-6-37-9-14(29)24-12(8-27)17(22)33/h10-12,27H,1-9H2,(H2,20,28)(H2,21,32)(H2,22,33)(H,23,34)(H,24,29)(H,30,31)(H2,25,26,35)/t10-,11+,12-/m0/s1. The minimum Gasteiger partial charge on any atom is -0.481 e. The van der Waals surface area contributed by atoms with Crippen molar-refractivity contribution in [2.45, 2.75) is 37.4 Å². The molecule has 0 radical (unpaired) electrons. The molecular weight excluding hydrogens is 502 g/mol. The van der Waals surface area contributed by atoms with Crippen LogP contribution in [0.1, 0.15) is 19.3 Å². The van der Waals surface area contributed by atoms with Gasteiger partial charge < -0.3 is 58.2 Å². The van der Waals surface area contributed by atoms with E-state index in [2.05, 4.69) is 21.3 Å². The molecule has 37 heavy (non-hydrogen) atoms. The van der Waals surface area contributed by atoms with Crippen LogP contribution in [0, 0.1) is 0 Å². The number of carbonyl (C=O) groups excluding carboxylic acids is 6. The van der Waals surface area contributed by atoms with Gasteiger partial charge in [0, 0.05) is 13.0 Å². The Balaban J connectivity index is 4.43. The van der Waals surface area contributed by atoms with E-state index < -0.39 is 85.7 Å². The highest BCUT2D eigenvalue weighted by molar-refractivity contribution is 5.92. The zero-order valence-electron chi connectivity index (χ0n) is 19.9. The second-order valence-corrected chi connectivity index (χ2v) is 7.39. The van der Waals surface area contributed by atoms with Gasteiger partial charge in [-0.3, -0.25) is 28.8 Å². The van der Waals surface area contributed by atoms with Crippen LogP contribution in [0.2, 0.25) is 0 Å². The first-order valence-electron chi connectivity index (χ1n) is 10.9. The quantitative estimate of drug-likeness (QED) is 0.0661. The lowest BCUT2D eigenvalue weighted by molar-refractivity contribution is -0.137. The Labute approximate surface area is 210 Å². The molecule has 18 nitrogen and oxygen atoms in total. The van der Waals surface area contributed by atoms with E-state index in [4.69, 9.17) is 36.9 Å². The molecule has 0 rings (SSSR count). The van der Waals surface area contributed by atoms with E-state index in [0.29, 0.717) is 0 Å². The Morgan fingerprint density at radius 3 is 1.92 bits per heavy atom.